The third-order valence-electron chi connectivity index (χ3n) is 4.52. The zero-order chi connectivity index (χ0) is 21.5. The standard InChI is InChI=1S/C23H25N3O4/c1-4-29-23(28)18-11-12-24-20(13-18)26-21(27)9-10-22-25-14-19(30-22)17-7-5-16(6-8-17)15(2)3/h5-8,11-15H,4,9-10H2,1-3H3,(H,24,26,27). The van der Waals surface area contributed by atoms with Crippen molar-refractivity contribution in [1.82, 2.24) is 9.97 Å². The number of anilines is 1. The predicted molar refractivity (Wildman–Crippen MR) is 113 cm³/mol. The number of ether oxygens (including phenoxy) is 1. The Morgan fingerprint density at radius 2 is 1.90 bits per heavy atom. The van der Waals surface area contributed by atoms with Crippen molar-refractivity contribution >= 4 is 17.7 Å². The number of oxazole rings is 1. The second-order valence-corrected chi connectivity index (χ2v) is 7.09. The van der Waals surface area contributed by atoms with E-state index in [9.17, 15) is 9.59 Å². The molecule has 0 atom stereocenters. The number of carbonyl (C=O) groups excluding carboxylic acids is 2. The largest absolute Gasteiger partial charge is 0.462 e. The summed E-state index contributed by atoms with van der Waals surface area (Å²) in [5.74, 6) is 1.22. The van der Waals surface area contributed by atoms with E-state index in [1.807, 2.05) is 12.1 Å². The van der Waals surface area contributed by atoms with E-state index in [-0.39, 0.29) is 18.9 Å². The van der Waals surface area contributed by atoms with E-state index >= 15 is 0 Å². The zero-order valence-corrected chi connectivity index (χ0v) is 17.3. The van der Waals surface area contributed by atoms with E-state index in [0.717, 1.165) is 5.56 Å². The van der Waals surface area contributed by atoms with Crippen LogP contribution in [-0.4, -0.2) is 28.5 Å². The monoisotopic (exact) mass is 407 g/mol. The molecule has 0 aliphatic rings. The Balaban J connectivity index is 1.55. The minimum Gasteiger partial charge on any atom is -0.462 e. The van der Waals surface area contributed by atoms with Gasteiger partial charge in [-0.05, 0) is 30.5 Å². The van der Waals surface area contributed by atoms with Crippen LogP contribution in [0.5, 0.6) is 0 Å². The Morgan fingerprint density at radius 1 is 1.13 bits per heavy atom. The first-order valence-corrected chi connectivity index (χ1v) is 9.94. The number of pyridine rings is 1. The second-order valence-electron chi connectivity index (χ2n) is 7.09. The molecule has 0 fully saturated rings. The normalized spacial score (nSPS) is 10.8. The molecule has 2 heterocycles. The molecule has 0 bridgehead atoms. The molecule has 7 nitrogen and oxygen atoms in total. The lowest BCUT2D eigenvalue weighted by molar-refractivity contribution is -0.116. The molecule has 0 unspecified atom stereocenters. The highest BCUT2D eigenvalue weighted by Gasteiger charge is 2.12. The first-order chi connectivity index (χ1) is 14.5. The molecular weight excluding hydrogens is 382 g/mol. The van der Waals surface area contributed by atoms with E-state index in [1.165, 1.54) is 23.9 Å². The number of rotatable bonds is 8. The van der Waals surface area contributed by atoms with Gasteiger partial charge in [-0.2, -0.15) is 0 Å². The van der Waals surface area contributed by atoms with Gasteiger partial charge in [-0.15, -0.1) is 0 Å². The van der Waals surface area contributed by atoms with Crippen molar-refractivity contribution in [2.24, 2.45) is 0 Å². The second kappa shape index (κ2) is 9.82. The molecule has 156 valence electrons. The highest BCUT2D eigenvalue weighted by molar-refractivity contribution is 5.93. The molecule has 3 rings (SSSR count). The average Bonchev–Trinajstić information content (AvgIpc) is 3.22. The van der Waals surface area contributed by atoms with Crippen molar-refractivity contribution in [1.29, 1.82) is 0 Å². The van der Waals surface area contributed by atoms with Gasteiger partial charge >= 0.3 is 5.97 Å². The number of nitrogens with zero attached hydrogens (tertiary/aromatic N) is 2. The maximum absolute atomic E-state index is 12.2. The molecule has 0 aliphatic heterocycles. The average molecular weight is 407 g/mol. The van der Waals surface area contributed by atoms with E-state index in [1.54, 1.807) is 13.1 Å². The van der Waals surface area contributed by atoms with Gasteiger partial charge in [-0.1, -0.05) is 38.1 Å². The van der Waals surface area contributed by atoms with Gasteiger partial charge in [-0.25, -0.2) is 14.8 Å². The number of benzene rings is 1. The van der Waals surface area contributed by atoms with Gasteiger partial charge in [-0.3, -0.25) is 4.79 Å². The van der Waals surface area contributed by atoms with E-state index in [4.69, 9.17) is 9.15 Å². The number of esters is 1. The van der Waals surface area contributed by atoms with Crippen molar-refractivity contribution in [2.75, 3.05) is 11.9 Å². The van der Waals surface area contributed by atoms with Crippen molar-refractivity contribution in [3.63, 3.8) is 0 Å². The van der Waals surface area contributed by atoms with Crippen LogP contribution in [0.15, 0.2) is 53.2 Å². The van der Waals surface area contributed by atoms with E-state index < -0.39 is 5.97 Å². The minimum absolute atomic E-state index is 0.178. The highest BCUT2D eigenvalue weighted by atomic mass is 16.5. The van der Waals surface area contributed by atoms with Crippen LogP contribution in [-0.2, 0) is 16.0 Å². The number of aryl methyl sites for hydroxylation is 1. The molecule has 0 aliphatic carbocycles. The quantitative estimate of drug-likeness (QED) is 0.548. The summed E-state index contributed by atoms with van der Waals surface area (Å²) in [6.45, 7) is 6.31. The summed E-state index contributed by atoms with van der Waals surface area (Å²) in [6, 6.07) is 11.2. The summed E-state index contributed by atoms with van der Waals surface area (Å²) in [6.07, 6.45) is 3.65. The fourth-order valence-corrected chi connectivity index (χ4v) is 2.86. The van der Waals surface area contributed by atoms with Crippen LogP contribution in [0.1, 0.15) is 54.9 Å². The molecule has 1 amide bonds. The molecule has 0 saturated carbocycles. The molecule has 30 heavy (non-hydrogen) atoms. The first kappa shape index (κ1) is 21.2. The van der Waals surface area contributed by atoms with Gasteiger partial charge in [0, 0.05) is 24.6 Å². The Labute approximate surface area is 175 Å². The maximum atomic E-state index is 12.2. The van der Waals surface area contributed by atoms with Crippen LogP contribution in [0.2, 0.25) is 0 Å². The number of aromatic nitrogens is 2. The SMILES string of the molecule is CCOC(=O)c1ccnc(NC(=O)CCc2ncc(-c3ccc(C(C)C)cc3)o2)c1. The number of nitrogens with one attached hydrogen (secondary N) is 1. The van der Waals surface area contributed by atoms with E-state index in [2.05, 4.69) is 41.3 Å². The topological polar surface area (TPSA) is 94.3 Å². The van der Waals surface area contributed by atoms with Gasteiger partial charge in [0.25, 0.3) is 0 Å². The van der Waals surface area contributed by atoms with Gasteiger partial charge in [0.1, 0.15) is 5.82 Å². The van der Waals surface area contributed by atoms with Crippen LogP contribution >= 0.6 is 0 Å². The maximum Gasteiger partial charge on any atom is 0.338 e. The molecule has 7 heteroatoms. The molecule has 0 spiro atoms. The van der Waals surface area contributed by atoms with Crippen LogP contribution in [0, 0.1) is 0 Å². The Hall–Kier alpha value is -3.48. The number of amides is 1. The van der Waals surface area contributed by atoms with Crippen LogP contribution in [0.4, 0.5) is 5.82 Å². The smallest absolute Gasteiger partial charge is 0.338 e. The number of hydrogen-bond donors (Lipinski definition) is 1. The van der Waals surface area contributed by atoms with E-state index in [0.29, 0.717) is 35.4 Å². The van der Waals surface area contributed by atoms with Crippen molar-refractivity contribution in [2.45, 2.75) is 39.5 Å². The molecule has 0 radical (unpaired) electrons. The first-order valence-electron chi connectivity index (χ1n) is 9.94. The molecule has 1 N–H and O–H groups in total. The summed E-state index contributed by atoms with van der Waals surface area (Å²) in [7, 11) is 0. The highest BCUT2D eigenvalue weighted by Crippen LogP contribution is 2.23. The van der Waals surface area contributed by atoms with Gasteiger partial charge < -0.3 is 14.5 Å². The van der Waals surface area contributed by atoms with Gasteiger partial charge in [0.2, 0.25) is 5.91 Å². The summed E-state index contributed by atoms with van der Waals surface area (Å²) in [4.78, 5) is 32.3. The zero-order valence-electron chi connectivity index (χ0n) is 17.3. The van der Waals surface area contributed by atoms with Crippen molar-refractivity contribution in [3.05, 3.63) is 65.8 Å². The Bertz CT molecular complexity index is 1010. The van der Waals surface area contributed by atoms with Crippen LogP contribution in [0.25, 0.3) is 11.3 Å². The third-order valence-corrected chi connectivity index (χ3v) is 4.52. The summed E-state index contributed by atoms with van der Waals surface area (Å²) in [5.41, 5.74) is 2.54. The van der Waals surface area contributed by atoms with Crippen LogP contribution in [0.3, 0.4) is 0 Å². The molecule has 2 aromatic heterocycles. The lowest BCUT2D eigenvalue weighted by Gasteiger charge is -2.06. The molecule has 0 saturated heterocycles. The van der Waals surface area contributed by atoms with Gasteiger partial charge in [0.05, 0.1) is 18.4 Å². The van der Waals surface area contributed by atoms with Gasteiger partial charge in [0.15, 0.2) is 11.7 Å². The third kappa shape index (κ3) is 5.53. The Kier molecular flexibility index (Phi) is 6.95. The molecule has 1 aromatic carbocycles. The summed E-state index contributed by atoms with van der Waals surface area (Å²) < 4.78 is 10.7. The minimum atomic E-state index is -0.454. The summed E-state index contributed by atoms with van der Waals surface area (Å²) in [5, 5.41) is 2.68. The van der Waals surface area contributed by atoms with Crippen molar-refractivity contribution in [3.8, 4) is 11.3 Å². The summed E-state index contributed by atoms with van der Waals surface area (Å²) >= 11 is 0. The fourth-order valence-electron chi connectivity index (χ4n) is 2.86. The predicted octanol–water partition coefficient (Wildman–Crippen LogP) is 4.61. The fraction of sp³-hybridized carbons (Fsp3) is 0.304. The van der Waals surface area contributed by atoms with Crippen molar-refractivity contribution < 1.29 is 18.7 Å². The number of hydrogen-bond acceptors (Lipinski definition) is 6. The van der Waals surface area contributed by atoms with Crippen LogP contribution < -0.4 is 5.32 Å². The lowest BCUT2D eigenvalue weighted by atomic mass is 10.0. The Morgan fingerprint density at radius 3 is 2.60 bits per heavy atom. The molecular formula is C23H25N3O4. The lowest BCUT2D eigenvalue weighted by Crippen LogP contribution is -2.14. The number of carbonyl (C=O) groups is 2. The molecule has 3 aromatic rings.